The van der Waals surface area contributed by atoms with Gasteiger partial charge < -0.3 is 14.8 Å². The number of fused-ring (bicyclic) bond motifs is 1. The Morgan fingerprint density at radius 1 is 1.18 bits per heavy atom. The Hall–Kier alpha value is -3.20. The van der Waals surface area contributed by atoms with Crippen LogP contribution >= 0.6 is 11.8 Å². The number of amides is 2. The first-order valence-electron chi connectivity index (χ1n) is 8.83. The molecule has 3 aromatic rings. The smallest absolute Gasteiger partial charge is 0.244 e. The van der Waals surface area contributed by atoms with E-state index in [-0.39, 0.29) is 24.1 Å². The van der Waals surface area contributed by atoms with E-state index in [9.17, 15) is 9.59 Å². The van der Waals surface area contributed by atoms with E-state index in [1.54, 1.807) is 18.5 Å². The van der Waals surface area contributed by atoms with E-state index in [1.165, 1.54) is 16.7 Å². The van der Waals surface area contributed by atoms with Crippen molar-refractivity contribution in [3.05, 3.63) is 48.8 Å². The van der Waals surface area contributed by atoms with Crippen molar-refractivity contribution in [1.82, 2.24) is 19.7 Å². The number of carbonyl (C=O) groups excluding carboxylic acids is 2. The monoisotopic (exact) mass is 394 g/mol. The number of hydrogen-bond donors (Lipinski definition) is 1. The first-order valence-corrected chi connectivity index (χ1v) is 9.81. The van der Waals surface area contributed by atoms with E-state index in [1.807, 2.05) is 41.8 Å². The van der Waals surface area contributed by atoms with Gasteiger partial charge in [-0.1, -0.05) is 23.9 Å². The fourth-order valence-electron chi connectivity index (χ4n) is 3.06. The third-order valence-corrected chi connectivity index (χ3v) is 5.32. The molecule has 28 heavy (non-hydrogen) atoms. The van der Waals surface area contributed by atoms with Gasteiger partial charge in [0.15, 0.2) is 11.0 Å². The molecule has 9 heteroatoms. The molecule has 0 saturated heterocycles. The van der Waals surface area contributed by atoms with E-state index < -0.39 is 0 Å². The highest BCUT2D eigenvalue weighted by atomic mass is 32.2. The van der Waals surface area contributed by atoms with Crippen LogP contribution in [0.3, 0.4) is 0 Å². The normalized spacial score (nSPS) is 13.2. The van der Waals surface area contributed by atoms with Crippen molar-refractivity contribution in [1.29, 1.82) is 0 Å². The molecule has 0 atom stereocenters. The maximum absolute atomic E-state index is 12.8. The maximum Gasteiger partial charge on any atom is 0.244 e. The van der Waals surface area contributed by atoms with E-state index >= 15 is 0 Å². The summed E-state index contributed by atoms with van der Waals surface area (Å²) in [6, 6.07) is 11.0. The molecule has 1 aromatic carbocycles. The van der Waals surface area contributed by atoms with Gasteiger partial charge in [-0.3, -0.25) is 14.6 Å². The summed E-state index contributed by atoms with van der Waals surface area (Å²) in [5.41, 5.74) is 2.28. The van der Waals surface area contributed by atoms with Crippen LogP contribution in [0.25, 0.3) is 11.4 Å². The Kier molecular flexibility index (Phi) is 5.07. The van der Waals surface area contributed by atoms with Crippen LogP contribution in [0.1, 0.15) is 6.92 Å². The Morgan fingerprint density at radius 3 is 2.75 bits per heavy atom. The molecule has 142 valence electrons. The second kappa shape index (κ2) is 7.81. The Morgan fingerprint density at radius 2 is 1.96 bits per heavy atom. The molecule has 1 aliphatic heterocycles. The van der Waals surface area contributed by atoms with Crippen LogP contribution in [0.15, 0.2) is 53.9 Å². The summed E-state index contributed by atoms with van der Waals surface area (Å²) in [7, 11) is 0. The number of carbonyl (C=O) groups is 2. The van der Waals surface area contributed by atoms with Crippen molar-refractivity contribution in [3.63, 3.8) is 0 Å². The van der Waals surface area contributed by atoms with Crippen LogP contribution in [0.5, 0.6) is 0 Å². The highest BCUT2D eigenvalue weighted by Gasteiger charge is 2.27. The Balaban J connectivity index is 1.52. The minimum absolute atomic E-state index is 0.0130. The molecule has 0 unspecified atom stereocenters. The van der Waals surface area contributed by atoms with Crippen molar-refractivity contribution in [2.45, 2.75) is 18.6 Å². The van der Waals surface area contributed by atoms with Gasteiger partial charge in [0.1, 0.15) is 6.54 Å². The highest BCUT2D eigenvalue weighted by molar-refractivity contribution is 7.99. The first kappa shape index (κ1) is 18.2. The van der Waals surface area contributed by atoms with Gasteiger partial charge in [-0.25, -0.2) is 0 Å². The molecule has 1 aliphatic rings. The molecule has 8 nitrogen and oxygen atoms in total. The van der Waals surface area contributed by atoms with Gasteiger partial charge >= 0.3 is 0 Å². The third kappa shape index (κ3) is 3.48. The van der Waals surface area contributed by atoms with Crippen LogP contribution < -0.4 is 10.2 Å². The molecule has 0 radical (unpaired) electrons. The molecule has 0 saturated carbocycles. The van der Waals surface area contributed by atoms with Crippen molar-refractivity contribution in [2.75, 3.05) is 22.5 Å². The van der Waals surface area contributed by atoms with Crippen molar-refractivity contribution < 1.29 is 9.59 Å². The second-order valence-corrected chi connectivity index (χ2v) is 7.06. The van der Waals surface area contributed by atoms with Gasteiger partial charge in [0.05, 0.1) is 17.1 Å². The van der Waals surface area contributed by atoms with Gasteiger partial charge in [0.25, 0.3) is 0 Å². The molecule has 0 aliphatic carbocycles. The number of rotatable bonds is 5. The van der Waals surface area contributed by atoms with Crippen molar-refractivity contribution in [2.24, 2.45) is 0 Å². The number of thioether (sulfide) groups is 1. The van der Waals surface area contributed by atoms with E-state index in [4.69, 9.17) is 0 Å². The van der Waals surface area contributed by atoms with Crippen LogP contribution in [0.2, 0.25) is 0 Å². The number of hydrogen-bond acceptors (Lipinski definition) is 6. The lowest BCUT2D eigenvalue weighted by Crippen LogP contribution is -2.43. The number of anilines is 2. The predicted octanol–water partition coefficient (Wildman–Crippen LogP) is 2.44. The van der Waals surface area contributed by atoms with E-state index in [0.29, 0.717) is 23.1 Å². The van der Waals surface area contributed by atoms with Crippen LogP contribution in [0.4, 0.5) is 11.4 Å². The summed E-state index contributed by atoms with van der Waals surface area (Å²) in [5, 5.41) is 12.0. The molecular weight excluding hydrogens is 376 g/mol. The third-order valence-electron chi connectivity index (χ3n) is 4.37. The zero-order chi connectivity index (χ0) is 19.5. The zero-order valence-electron chi connectivity index (χ0n) is 15.2. The molecule has 0 fully saturated rings. The molecule has 1 N–H and O–H groups in total. The van der Waals surface area contributed by atoms with Gasteiger partial charge in [0, 0.05) is 24.5 Å². The summed E-state index contributed by atoms with van der Waals surface area (Å²) >= 11 is 1.32. The largest absolute Gasteiger partial charge is 0.323 e. The maximum atomic E-state index is 12.8. The van der Waals surface area contributed by atoms with Crippen LogP contribution in [-0.2, 0) is 16.1 Å². The fourth-order valence-corrected chi connectivity index (χ4v) is 3.93. The van der Waals surface area contributed by atoms with Crippen molar-refractivity contribution in [3.8, 4) is 11.4 Å². The predicted molar refractivity (Wildman–Crippen MR) is 107 cm³/mol. The number of pyridine rings is 1. The molecule has 2 aromatic heterocycles. The molecule has 3 heterocycles. The Labute approximate surface area is 166 Å². The summed E-state index contributed by atoms with van der Waals surface area (Å²) in [4.78, 5) is 30.3. The second-order valence-electron chi connectivity index (χ2n) is 6.12. The number of benzene rings is 1. The number of nitrogens with zero attached hydrogens (tertiary/aromatic N) is 5. The average molecular weight is 394 g/mol. The van der Waals surface area contributed by atoms with Gasteiger partial charge in [0.2, 0.25) is 11.8 Å². The molecule has 4 rings (SSSR count). The number of aromatic nitrogens is 4. The number of nitrogens with one attached hydrogen (secondary N) is 1. The van der Waals surface area contributed by atoms with Gasteiger partial charge in [-0.2, -0.15) is 0 Å². The lowest BCUT2D eigenvalue weighted by Gasteiger charge is -2.29. The standard InChI is InChI=1S/C19H18N6O2S/c1-2-24-18(13-7-9-20-10-8-13)22-23-19(24)28-12-17(27)25-11-16(26)21-14-5-3-4-6-15(14)25/h3-10H,2,11-12H2,1H3,(H,21,26). The van der Waals surface area contributed by atoms with Gasteiger partial charge in [-0.15, -0.1) is 10.2 Å². The van der Waals surface area contributed by atoms with Crippen molar-refractivity contribution >= 4 is 35.0 Å². The van der Waals surface area contributed by atoms with Crippen LogP contribution in [0, 0.1) is 0 Å². The molecule has 0 bridgehead atoms. The highest BCUT2D eigenvalue weighted by Crippen LogP contribution is 2.30. The summed E-state index contributed by atoms with van der Waals surface area (Å²) in [6.07, 6.45) is 3.42. The first-order chi connectivity index (χ1) is 13.7. The zero-order valence-corrected chi connectivity index (χ0v) is 16.0. The topological polar surface area (TPSA) is 93.0 Å². The average Bonchev–Trinajstić information content (AvgIpc) is 3.15. The summed E-state index contributed by atoms with van der Waals surface area (Å²) in [6.45, 7) is 2.69. The van der Waals surface area contributed by atoms with Crippen LogP contribution in [-0.4, -0.2) is 43.9 Å². The lowest BCUT2D eigenvalue weighted by molar-refractivity contribution is -0.120. The fraction of sp³-hybridized carbons (Fsp3) is 0.211. The minimum atomic E-state index is -0.200. The summed E-state index contributed by atoms with van der Waals surface area (Å²) in [5.74, 6) is 0.551. The van der Waals surface area contributed by atoms with E-state index in [0.717, 1.165) is 11.4 Å². The Bertz CT molecular complexity index is 1020. The molecular formula is C19H18N6O2S. The van der Waals surface area contributed by atoms with E-state index in [2.05, 4.69) is 20.5 Å². The summed E-state index contributed by atoms with van der Waals surface area (Å²) < 4.78 is 1.96. The minimum Gasteiger partial charge on any atom is -0.323 e. The molecule has 2 amide bonds. The lowest BCUT2D eigenvalue weighted by atomic mass is 10.2. The number of para-hydroxylation sites is 2. The quantitative estimate of drug-likeness (QED) is 0.668. The van der Waals surface area contributed by atoms with Gasteiger partial charge in [-0.05, 0) is 31.2 Å². The SMILES string of the molecule is CCn1c(SCC(=O)N2CC(=O)Nc3ccccc32)nnc1-c1ccncc1. The molecule has 0 spiro atoms.